The van der Waals surface area contributed by atoms with Gasteiger partial charge in [0, 0.05) is 42.3 Å². The predicted molar refractivity (Wildman–Crippen MR) is 123 cm³/mol. The van der Waals surface area contributed by atoms with Crippen molar-refractivity contribution < 1.29 is 14.4 Å². The van der Waals surface area contributed by atoms with E-state index in [1.165, 1.54) is 5.06 Å². The van der Waals surface area contributed by atoms with Crippen LogP contribution in [0.5, 0.6) is 0 Å². The number of fused-ring (bicyclic) bond motifs is 1. The molecule has 2 aromatic heterocycles. The molecule has 0 atom stereocenters. The fraction of sp³-hybridized carbons (Fsp3) is 0.318. The first-order valence-electron chi connectivity index (χ1n) is 10.7. The fourth-order valence-corrected chi connectivity index (χ4v) is 3.86. The number of rotatable bonds is 4. The molecule has 0 bridgehead atoms. The Labute approximate surface area is 190 Å². The van der Waals surface area contributed by atoms with Crippen molar-refractivity contribution in [1.82, 2.24) is 19.9 Å². The van der Waals surface area contributed by atoms with Crippen LogP contribution in [-0.2, 0) is 16.0 Å². The first kappa shape index (κ1) is 20.9. The van der Waals surface area contributed by atoms with Gasteiger partial charge in [0.15, 0.2) is 5.82 Å². The molecule has 0 aliphatic carbocycles. The average molecular weight is 448 g/mol. The number of nitrogens with two attached hydrogens (primary N) is 1. The lowest BCUT2D eigenvalue weighted by Gasteiger charge is -2.28. The van der Waals surface area contributed by atoms with Crippen molar-refractivity contribution in [3.8, 4) is 11.3 Å². The zero-order valence-corrected chi connectivity index (χ0v) is 18.2. The van der Waals surface area contributed by atoms with Gasteiger partial charge in [-0.1, -0.05) is 18.2 Å². The SMILES string of the molecule is Cc1ccccc1NC(=O)ON1CCc2c(-c3cnc(N)nc3)nc(N3CCOCC3)nc21. The Balaban J connectivity index is 1.46. The number of nitrogen functional groups attached to an aromatic ring is 1. The molecule has 5 rings (SSSR count). The number of benzene rings is 1. The molecule has 4 heterocycles. The highest BCUT2D eigenvalue weighted by Gasteiger charge is 2.31. The second-order valence-corrected chi connectivity index (χ2v) is 7.77. The number of amides is 1. The Morgan fingerprint density at radius 1 is 1.12 bits per heavy atom. The Hall–Kier alpha value is -3.99. The summed E-state index contributed by atoms with van der Waals surface area (Å²) in [5.41, 5.74) is 9.59. The molecule has 0 radical (unpaired) electrons. The lowest BCUT2D eigenvalue weighted by molar-refractivity contribution is 0.122. The Morgan fingerprint density at radius 2 is 1.88 bits per heavy atom. The molecule has 1 aromatic carbocycles. The summed E-state index contributed by atoms with van der Waals surface area (Å²) in [5, 5.41) is 4.30. The summed E-state index contributed by atoms with van der Waals surface area (Å²) in [7, 11) is 0. The van der Waals surface area contributed by atoms with Gasteiger partial charge in [-0.05, 0) is 25.0 Å². The fourth-order valence-electron chi connectivity index (χ4n) is 3.86. The highest BCUT2D eigenvalue weighted by atomic mass is 16.7. The molecule has 2 aliphatic rings. The van der Waals surface area contributed by atoms with Crippen molar-refractivity contribution in [3.63, 3.8) is 0 Å². The maximum absolute atomic E-state index is 12.6. The van der Waals surface area contributed by atoms with Crippen LogP contribution in [0.1, 0.15) is 11.1 Å². The lowest BCUT2D eigenvalue weighted by Crippen LogP contribution is -2.37. The summed E-state index contributed by atoms with van der Waals surface area (Å²) in [6.07, 6.45) is 3.31. The third-order valence-electron chi connectivity index (χ3n) is 5.59. The van der Waals surface area contributed by atoms with Crippen molar-refractivity contribution in [2.75, 3.05) is 53.9 Å². The van der Waals surface area contributed by atoms with Gasteiger partial charge in [-0.2, -0.15) is 10.0 Å². The molecule has 0 saturated carbocycles. The molecule has 11 heteroatoms. The van der Waals surface area contributed by atoms with Gasteiger partial charge in [0.2, 0.25) is 11.9 Å². The van der Waals surface area contributed by atoms with Crippen LogP contribution in [0, 0.1) is 6.92 Å². The summed E-state index contributed by atoms with van der Waals surface area (Å²) < 4.78 is 5.46. The van der Waals surface area contributed by atoms with E-state index in [1.807, 2.05) is 31.2 Å². The van der Waals surface area contributed by atoms with Crippen LogP contribution < -0.4 is 21.0 Å². The molecule has 1 fully saturated rings. The van der Waals surface area contributed by atoms with Crippen molar-refractivity contribution in [2.45, 2.75) is 13.3 Å². The number of nitrogens with one attached hydrogen (secondary N) is 1. The van der Waals surface area contributed by atoms with Gasteiger partial charge in [-0.25, -0.2) is 19.7 Å². The van der Waals surface area contributed by atoms with Gasteiger partial charge in [0.05, 0.1) is 25.5 Å². The van der Waals surface area contributed by atoms with Gasteiger partial charge < -0.3 is 20.2 Å². The van der Waals surface area contributed by atoms with Gasteiger partial charge >= 0.3 is 6.09 Å². The van der Waals surface area contributed by atoms with Crippen LogP contribution in [0.3, 0.4) is 0 Å². The molecule has 170 valence electrons. The monoisotopic (exact) mass is 448 g/mol. The zero-order chi connectivity index (χ0) is 22.8. The number of hydrogen-bond donors (Lipinski definition) is 2. The average Bonchev–Trinajstić information content (AvgIpc) is 3.23. The van der Waals surface area contributed by atoms with Crippen LogP contribution in [0.25, 0.3) is 11.3 Å². The normalized spacial score (nSPS) is 15.3. The van der Waals surface area contributed by atoms with E-state index in [9.17, 15) is 4.79 Å². The highest BCUT2D eigenvalue weighted by Crippen LogP contribution is 2.35. The minimum absolute atomic E-state index is 0.190. The van der Waals surface area contributed by atoms with E-state index >= 15 is 0 Å². The smallest absolute Gasteiger partial charge is 0.378 e. The Bertz CT molecular complexity index is 1160. The minimum Gasteiger partial charge on any atom is -0.378 e. The standard InChI is InChI=1S/C22H24N8O3/c1-14-4-2-3-5-17(14)26-22(31)33-30-7-6-16-18(15-12-24-20(23)25-13-15)27-21(28-19(16)30)29-8-10-32-11-9-29/h2-5,12-13H,6-11H2,1H3,(H,26,31)(H2,23,24,25). The molecule has 3 aromatic rings. The topological polar surface area (TPSA) is 132 Å². The van der Waals surface area contributed by atoms with Crippen LogP contribution in [0.15, 0.2) is 36.7 Å². The third-order valence-corrected chi connectivity index (χ3v) is 5.59. The first-order chi connectivity index (χ1) is 16.1. The summed E-state index contributed by atoms with van der Waals surface area (Å²) >= 11 is 0. The number of carbonyl (C=O) groups excluding carboxylic acids is 1. The van der Waals surface area contributed by atoms with Crippen LogP contribution in [0.2, 0.25) is 0 Å². The van der Waals surface area contributed by atoms with Gasteiger partial charge in [0.1, 0.15) is 0 Å². The van der Waals surface area contributed by atoms with Crippen molar-refractivity contribution >= 4 is 29.5 Å². The Kier molecular flexibility index (Phi) is 5.61. The number of anilines is 4. The number of ether oxygens (including phenoxy) is 1. The van der Waals surface area contributed by atoms with Crippen molar-refractivity contribution in [2.24, 2.45) is 0 Å². The van der Waals surface area contributed by atoms with Gasteiger partial charge in [-0.3, -0.25) is 5.32 Å². The van der Waals surface area contributed by atoms with E-state index in [0.717, 1.165) is 16.7 Å². The van der Waals surface area contributed by atoms with E-state index in [0.29, 0.717) is 62.4 Å². The summed E-state index contributed by atoms with van der Waals surface area (Å²) in [6.45, 7) is 4.92. The van der Waals surface area contributed by atoms with Crippen LogP contribution in [-0.4, -0.2) is 58.9 Å². The molecule has 2 aliphatic heterocycles. The lowest BCUT2D eigenvalue weighted by atomic mass is 10.1. The number of nitrogens with zero attached hydrogens (tertiary/aromatic N) is 6. The number of aromatic nitrogens is 4. The first-order valence-corrected chi connectivity index (χ1v) is 10.7. The number of hydrogen-bond acceptors (Lipinski definition) is 10. The number of hydroxylamine groups is 1. The summed E-state index contributed by atoms with van der Waals surface area (Å²) in [6, 6.07) is 7.52. The number of carbonyl (C=O) groups is 1. The predicted octanol–water partition coefficient (Wildman–Crippen LogP) is 2.19. The van der Waals surface area contributed by atoms with E-state index in [4.69, 9.17) is 25.3 Å². The van der Waals surface area contributed by atoms with Crippen molar-refractivity contribution in [3.05, 3.63) is 47.8 Å². The summed E-state index contributed by atoms with van der Waals surface area (Å²) in [5.74, 6) is 1.28. The number of para-hydroxylation sites is 1. The van der Waals surface area contributed by atoms with Gasteiger partial charge in [0.25, 0.3) is 0 Å². The second-order valence-electron chi connectivity index (χ2n) is 7.77. The van der Waals surface area contributed by atoms with E-state index in [1.54, 1.807) is 12.4 Å². The Morgan fingerprint density at radius 3 is 2.64 bits per heavy atom. The molecule has 1 saturated heterocycles. The van der Waals surface area contributed by atoms with E-state index < -0.39 is 6.09 Å². The molecular formula is C22H24N8O3. The molecule has 3 N–H and O–H groups in total. The largest absolute Gasteiger partial charge is 0.436 e. The van der Waals surface area contributed by atoms with E-state index in [-0.39, 0.29) is 5.95 Å². The summed E-state index contributed by atoms with van der Waals surface area (Å²) in [4.78, 5) is 38.1. The van der Waals surface area contributed by atoms with E-state index in [2.05, 4.69) is 20.2 Å². The second kappa shape index (κ2) is 8.87. The molecular weight excluding hydrogens is 424 g/mol. The molecule has 11 nitrogen and oxygen atoms in total. The third kappa shape index (κ3) is 4.35. The van der Waals surface area contributed by atoms with Crippen LogP contribution >= 0.6 is 0 Å². The maximum atomic E-state index is 12.6. The quantitative estimate of drug-likeness (QED) is 0.612. The molecule has 0 spiro atoms. The number of aryl methyl sites for hydroxylation is 1. The minimum atomic E-state index is -0.582. The molecule has 1 amide bonds. The number of morpholine rings is 1. The highest BCUT2D eigenvalue weighted by molar-refractivity contribution is 5.86. The van der Waals surface area contributed by atoms with Crippen LogP contribution in [0.4, 0.5) is 28.2 Å². The molecule has 33 heavy (non-hydrogen) atoms. The van der Waals surface area contributed by atoms with Crippen molar-refractivity contribution in [1.29, 1.82) is 0 Å². The molecule has 0 unspecified atom stereocenters. The van der Waals surface area contributed by atoms with Gasteiger partial charge in [-0.15, -0.1) is 0 Å². The zero-order valence-electron chi connectivity index (χ0n) is 18.2. The maximum Gasteiger partial charge on any atom is 0.436 e.